The van der Waals surface area contributed by atoms with Crippen molar-refractivity contribution in [3.63, 3.8) is 0 Å². The molecule has 0 saturated carbocycles. The molecule has 0 unspecified atom stereocenters. The van der Waals surface area contributed by atoms with Crippen LogP contribution in [-0.2, 0) is 0 Å². The summed E-state index contributed by atoms with van der Waals surface area (Å²) in [6.07, 6.45) is 3.25. The van der Waals surface area contributed by atoms with Crippen molar-refractivity contribution >= 4 is 0 Å². The van der Waals surface area contributed by atoms with Crippen molar-refractivity contribution in [3.8, 4) is 6.07 Å². The van der Waals surface area contributed by atoms with Gasteiger partial charge in [0.15, 0.2) is 0 Å². The Balaban J connectivity index is 2.96. The number of aromatic nitrogens is 1. The number of hydrogen-bond donors (Lipinski definition) is 1. The molecule has 68 valence electrons. The standard InChI is InChI=1S/C10H13N3/c1-7(2)10(12)9-3-8(4-11)5-13-6-9/h3,5-7,10H,12H2,1-2H3/t10-/m1/s1. The first-order valence-corrected chi connectivity index (χ1v) is 4.25. The van der Waals surface area contributed by atoms with Crippen molar-refractivity contribution in [3.05, 3.63) is 29.6 Å². The Kier molecular flexibility index (Phi) is 2.99. The Morgan fingerprint density at radius 3 is 2.69 bits per heavy atom. The van der Waals surface area contributed by atoms with Crippen LogP contribution in [0.3, 0.4) is 0 Å². The molecular formula is C10H13N3. The summed E-state index contributed by atoms with van der Waals surface area (Å²) in [4.78, 5) is 3.96. The van der Waals surface area contributed by atoms with Crippen LogP contribution in [0.1, 0.15) is 31.0 Å². The Hall–Kier alpha value is -1.40. The fourth-order valence-corrected chi connectivity index (χ4v) is 1.09. The SMILES string of the molecule is CC(C)[C@@H](N)c1cncc(C#N)c1. The highest BCUT2D eigenvalue weighted by molar-refractivity contribution is 5.30. The summed E-state index contributed by atoms with van der Waals surface area (Å²) < 4.78 is 0. The summed E-state index contributed by atoms with van der Waals surface area (Å²) in [7, 11) is 0. The van der Waals surface area contributed by atoms with Crippen LogP contribution >= 0.6 is 0 Å². The van der Waals surface area contributed by atoms with Gasteiger partial charge >= 0.3 is 0 Å². The fraction of sp³-hybridized carbons (Fsp3) is 0.400. The van der Waals surface area contributed by atoms with E-state index in [9.17, 15) is 0 Å². The van der Waals surface area contributed by atoms with E-state index in [4.69, 9.17) is 11.0 Å². The van der Waals surface area contributed by atoms with E-state index < -0.39 is 0 Å². The van der Waals surface area contributed by atoms with Crippen LogP contribution < -0.4 is 5.73 Å². The summed E-state index contributed by atoms with van der Waals surface area (Å²) in [5.41, 5.74) is 7.40. The maximum atomic E-state index is 8.65. The number of nitrogens with two attached hydrogens (primary N) is 1. The second kappa shape index (κ2) is 4.01. The Morgan fingerprint density at radius 2 is 2.15 bits per heavy atom. The van der Waals surface area contributed by atoms with Crippen molar-refractivity contribution in [1.29, 1.82) is 5.26 Å². The molecule has 1 atom stereocenters. The van der Waals surface area contributed by atoms with Gasteiger partial charge in [-0.25, -0.2) is 0 Å². The Bertz CT molecular complexity index is 325. The molecule has 0 amide bonds. The lowest BCUT2D eigenvalue weighted by molar-refractivity contribution is 0.513. The predicted molar refractivity (Wildman–Crippen MR) is 50.7 cm³/mol. The van der Waals surface area contributed by atoms with Gasteiger partial charge < -0.3 is 5.73 Å². The highest BCUT2D eigenvalue weighted by Crippen LogP contribution is 2.18. The minimum absolute atomic E-state index is 0.0409. The van der Waals surface area contributed by atoms with Gasteiger partial charge in [-0.2, -0.15) is 5.26 Å². The Morgan fingerprint density at radius 1 is 1.46 bits per heavy atom. The van der Waals surface area contributed by atoms with E-state index in [0.29, 0.717) is 11.5 Å². The number of hydrogen-bond acceptors (Lipinski definition) is 3. The molecule has 3 heteroatoms. The minimum Gasteiger partial charge on any atom is -0.324 e. The van der Waals surface area contributed by atoms with E-state index in [1.807, 2.05) is 19.9 Å². The molecule has 1 aromatic rings. The van der Waals surface area contributed by atoms with Gasteiger partial charge in [0, 0.05) is 18.4 Å². The lowest BCUT2D eigenvalue weighted by Crippen LogP contribution is -2.16. The molecular weight excluding hydrogens is 162 g/mol. The summed E-state index contributed by atoms with van der Waals surface area (Å²) in [5.74, 6) is 0.357. The van der Waals surface area contributed by atoms with Gasteiger partial charge in [0.25, 0.3) is 0 Å². The molecule has 1 aromatic heterocycles. The lowest BCUT2D eigenvalue weighted by Gasteiger charge is -2.15. The van der Waals surface area contributed by atoms with E-state index in [1.165, 1.54) is 6.20 Å². The normalized spacial score (nSPS) is 12.5. The zero-order valence-electron chi connectivity index (χ0n) is 7.86. The third-order valence-corrected chi connectivity index (χ3v) is 1.99. The molecule has 0 fully saturated rings. The molecule has 2 N–H and O–H groups in total. The van der Waals surface area contributed by atoms with E-state index in [0.717, 1.165) is 5.56 Å². The second-order valence-electron chi connectivity index (χ2n) is 3.39. The van der Waals surface area contributed by atoms with Crippen molar-refractivity contribution in [2.24, 2.45) is 11.7 Å². The largest absolute Gasteiger partial charge is 0.324 e. The maximum absolute atomic E-state index is 8.65. The molecule has 0 aliphatic heterocycles. The highest BCUT2D eigenvalue weighted by atomic mass is 14.7. The van der Waals surface area contributed by atoms with Gasteiger partial charge in [0.2, 0.25) is 0 Å². The molecule has 0 aliphatic carbocycles. The zero-order valence-corrected chi connectivity index (χ0v) is 7.86. The van der Waals surface area contributed by atoms with Crippen molar-refractivity contribution in [2.45, 2.75) is 19.9 Å². The van der Waals surface area contributed by atoms with Gasteiger partial charge in [-0.1, -0.05) is 13.8 Å². The van der Waals surface area contributed by atoms with Crippen molar-refractivity contribution < 1.29 is 0 Å². The molecule has 13 heavy (non-hydrogen) atoms. The van der Waals surface area contributed by atoms with Gasteiger partial charge in [0.1, 0.15) is 6.07 Å². The topological polar surface area (TPSA) is 62.7 Å². The minimum atomic E-state index is -0.0409. The smallest absolute Gasteiger partial charge is 0.101 e. The zero-order chi connectivity index (χ0) is 9.84. The first kappa shape index (κ1) is 9.69. The molecule has 0 radical (unpaired) electrons. The van der Waals surface area contributed by atoms with Crippen LogP contribution in [0, 0.1) is 17.2 Å². The number of pyridine rings is 1. The van der Waals surface area contributed by atoms with Crippen LogP contribution in [0.5, 0.6) is 0 Å². The quantitative estimate of drug-likeness (QED) is 0.742. The summed E-state index contributed by atoms with van der Waals surface area (Å²) in [5, 5.41) is 8.65. The van der Waals surface area contributed by atoms with E-state index >= 15 is 0 Å². The summed E-state index contributed by atoms with van der Waals surface area (Å²) in [6, 6.07) is 3.79. The summed E-state index contributed by atoms with van der Waals surface area (Å²) in [6.45, 7) is 4.09. The fourth-order valence-electron chi connectivity index (χ4n) is 1.09. The van der Waals surface area contributed by atoms with Crippen LogP contribution in [0.15, 0.2) is 18.5 Å². The lowest BCUT2D eigenvalue weighted by atomic mass is 9.98. The number of nitriles is 1. The average Bonchev–Trinajstić information content (AvgIpc) is 2.16. The second-order valence-corrected chi connectivity index (χ2v) is 3.39. The molecule has 0 aromatic carbocycles. The monoisotopic (exact) mass is 175 g/mol. The van der Waals surface area contributed by atoms with Crippen molar-refractivity contribution in [2.75, 3.05) is 0 Å². The Labute approximate surface area is 78.2 Å². The molecule has 0 bridgehead atoms. The number of rotatable bonds is 2. The highest BCUT2D eigenvalue weighted by Gasteiger charge is 2.10. The van der Waals surface area contributed by atoms with E-state index in [1.54, 1.807) is 12.3 Å². The number of nitrogens with zero attached hydrogens (tertiary/aromatic N) is 2. The van der Waals surface area contributed by atoms with Gasteiger partial charge in [-0.3, -0.25) is 4.98 Å². The third-order valence-electron chi connectivity index (χ3n) is 1.99. The molecule has 0 spiro atoms. The van der Waals surface area contributed by atoms with E-state index in [2.05, 4.69) is 4.98 Å². The molecule has 1 rings (SSSR count). The van der Waals surface area contributed by atoms with Gasteiger partial charge in [-0.05, 0) is 17.5 Å². The van der Waals surface area contributed by atoms with E-state index in [-0.39, 0.29) is 6.04 Å². The molecule has 1 heterocycles. The summed E-state index contributed by atoms with van der Waals surface area (Å²) >= 11 is 0. The average molecular weight is 175 g/mol. The maximum Gasteiger partial charge on any atom is 0.101 e. The first-order chi connectivity index (χ1) is 6.15. The molecule has 0 aliphatic rings. The first-order valence-electron chi connectivity index (χ1n) is 4.25. The van der Waals surface area contributed by atoms with Crippen LogP contribution in [0.2, 0.25) is 0 Å². The molecule has 3 nitrogen and oxygen atoms in total. The molecule has 0 saturated heterocycles. The van der Waals surface area contributed by atoms with Crippen molar-refractivity contribution in [1.82, 2.24) is 4.98 Å². The van der Waals surface area contributed by atoms with Crippen LogP contribution in [0.4, 0.5) is 0 Å². The van der Waals surface area contributed by atoms with Crippen LogP contribution in [-0.4, -0.2) is 4.98 Å². The third kappa shape index (κ3) is 2.27. The van der Waals surface area contributed by atoms with Crippen LogP contribution in [0.25, 0.3) is 0 Å². The van der Waals surface area contributed by atoms with Gasteiger partial charge in [0.05, 0.1) is 5.56 Å². The predicted octanol–water partition coefficient (Wildman–Crippen LogP) is 1.61. The van der Waals surface area contributed by atoms with Gasteiger partial charge in [-0.15, -0.1) is 0 Å².